The minimum atomic E-state index is -0.553. The summed E-state index contributed by atoms with van der Waals surface area (Å²) in [5.74, 6) is 1.13. The molecule has 3 aliphatic heterocycles. The Morgan fingerprint density at radius 1 is 1.26 bits per heavy atom. The van der Waals surface area contributed by atoms with E-state index >= 15 is 0 Å². The summed E-state index contributed by atoms with van der Waals surface area (Å²) in [4.78, 5) is 20.4. The van der Waals surface area contributed by atoms with Gasteiger partial charge in [-0.3, -0.25) is 19.2 Å². The Hall–Kier alpha value is -2.66. The van der Waals surface area contributed by atoms with Crippen LogP contribution in [0.25, 0.3) is 10.9 Å². The number of aromatic nitrogens is 2. The predicted octanol–water partition coefficient (Wildman–Crippen LogP) is 2.14. The molecule has 3 aliphatic rings. The number of aliphatic hydroxyl groups excluding tert-OH is 1. The predicted molar refractivity (Wildman–Crippen MR) is 126 cm³/mol. The van der Waals surface area contributed by atoms with Crippen molar-refractivity contribution in [1.82, 2.24) is 19.8 Å². The van der Waals surface area contributed by atoms with Crippen LogP contribution in [0.3, 0.4) is 0 Å². The number of pyridine rings is 2. The van der Waals surface area contributed by atoms with Gasteiger partial charge in [0.2, 0.25) is 0 Å². The van der Waals surface area contributed by atoms with Gasteiger partial charge in [-0.05, 0) is 37.2 Å². The third-order valence-electron chi connectivity index (χ3n) is 6.78. The van der Waals surface area contributed by atoms with Crippen LogP contribution in [0.4, 0.5) is 4.39 Å². The molecule has 8 nitrogen and oxygen atoms in total. The van der Waals surface area contributed by atoms with Gasteiger partial charge >= 0.3 is 0 Å². The van der Waals surface area contributed by atoms with Gasteiger partial charge in [-0.1, -0.05) is 11.8 Å². The fourth-order valence-corrected chi connectivity index (χ4v) is 5.84. The highest BCUT2D eigenvalue weighted by Gasteiger charge is 2.32. The average molecular weight is 485 g/mol. The van der Waals surface area contributed by atoms with E-state index in [0.29, 0.717) is 31.1 Å². The van der Waals surface area contributed by atoms with Gasteiger partial charge in [0, 0.05) is 37.1 Å². The molecule has 0 saturated carbocycles. The zero-order valence-electron chi connectivity index (χ0n) is 18.4. The lowest BCUT2D eigenvalue weighted by Gasteiger charge is -2.39. The standard InChI is InChI=1S/C24H25FN4O4S/c25-17-3-1-14-2-4-22(31)29-16(12-32-24(17)23(14)29)10-28-6-5-18(19(30)11-28)27-8-15-7-21-20(9-26-15)33-13-34-21/h1-4,7,9,16,18-19,27,30H,5-6,8,10-13H2/t16-,18+,19-/m1/s1. The van der Waals surface area contributed by atoms with Gasteiger partial charge in [0.1, 0.15) is 12.5 Å². The Balaban J connectivity index is 1.11. The second-order valence-electron chi connectivity index (χ2n) is 8.95. The number of β-amino-alcohol motifs (C(OH)–C–C–N with tert-alkyl or cyclic N) is 1. The van der Waals surface area contributed by atoms with E-state index in [-0.39, 0.29) is 30.0 Å². The number of hydrogen-bond donors (Lipinski definition) is 2. The fourth-order valence-electron chi connectivity index (χ4n) is 5.06. The highest BCUT2D eigenvalue weighted by Crippen LogP contribution is 2.36. The van der Waals surface area contributed by atoms with Crippen LogP contribution < -0.4 is 20.3 Å². The first-order chi connectivity index (χ1) is 16.6. The number of thioether (sulfide) groups is 1. The third kappa shape index (κ3) is 3.94. The normalized spacial score (nSPS) is 24.0. The number of halogens is 1. The van der Waals surface area contributed by atoms with Crippen LogP contribution in [-0.2, 0) is 6.54 Å². The van der Waals surface area contributed by atoms with Crippen molar-refractivity contribution >= 4 is 22.7 Å². The number of rotatable bonds is 5. The summed E-state index contributed by atoms with van der Waals surface area (Å²) in [6.45, 7) is 2.59. The van der Waals surface area contributed by atoms with E-state index in [1.54, 1.807) is 34.7 Å². The monoisotopic (exact) mass is 484 g/mol. The highest BCUT2D eigenvalue weighted by molar-refractivity contribution is 7.99. The molecule has 5 heterocycles. The molecule has 0 amide bonds. The second-order valence-corrected chi connectivity index (χ2v) is 9.92. The molecule has 1 aromatic carbocycles. The molecule has 2 N–H and O–H groups in total. The summed E-state index contributed by atoms with van der Waals surface area (Å²) in [6.07, 6.45) is 1.97. The lowest BCUT2D eigenvalue weighted by molar-refractivity contribution is 0.0294. The molecule has 2 aromatic heterocycles. The maximum Gasteiger partial charge on any atom is 0.251 e. The van der Waals surface area contributed by atoms with Gasteiger partial charge in [-0.25, -0.2) is 4.39 Å². The summed E-state index contributed by atoms with van der Waals surface area (Å²) >= 11 is 1.66. The third-order valence-corrected chi connectivity index (χ3v) is 7.65. The summed E-state index contributed by atoms with van der Waals surface area (Å²) in [5, 5.41) is 15.0. The first kappa shape index (κ1) is 21.8. The minimum absolute atomic E-state index is 0.0428. The van der Waals surface area contributed by atoms with Crippen molar-refractivity contribution in [3.63, 3.8) is 0 Å². The topological polar surface area (TPSA) is 88.9 Å². The molecule has 0 spiro atoms. The molecule has 1 saturated heterocycles. The van der Waals surface area contributed by atoms with E-state index in [4.69, 9.17) is 9.47 Å². The number of benzene rings is 1. The van der Waals surface area contributed by atoms with Gasteiger partial charge < -0.3 is 19.9 Å². The SMILES string of the molecule is O=c1ccc2ccc(F)c3c2n1[C@H](CN1CC[C@H](NCc2cc4c(cn2)OCS4)[C@H](O)C1)CO3. The van der Waals surface area contributed by atoms with Gasteiger partial charge in [0.25, 0.3) is 5.56 Å². The zero-order valence-corrected chi connectivity index (χ0v) is 19.3. The van der Waals surface area contributed by atoms with Crippen LogP contribution >= 0.6 is 11.8 Å². The van der Waals surface area contributed by atoms with Crippen molar-refractivity contribution in [3.8, 4) is 11.5 Å². The van der Waals surface area contributed by atoms with Gasteiger partial charge in [-0.2, -0.15) is 0 Å². The van der Waals surface area contributed by atoms with Crippen LogP contribution in [-0.4, -0.2) is 63.9 Å². The lowest BCUT2D eigenvalue weighted by atomic mass is 10.0. The summed E-state index contributed by atoms with van der Waals surface area (Å²) in [7, 11) is 0. The van der Waals surface area contributed by atoms with Crippen LogP contribution in [0.15, 0.2) is 46.2 Å². The number of likely N-dealkylation sites (tertiary alicyclic amines) is 1. The van der Waals surface area contributed by atoms with Gasteiger partial charge in [0.15, 0.2) is 17.3 Å². The van der Waals surface area contributed by atoms with Crippen LogP contribution in [0.5, 0.6) is 11.5 Å². The van der Waals surface area contributed by atoms with Gasteiger partial charge in [-0.15, -0.1) is 0 Å². The van der Waals surface area contributed by atoms with E-state index in [1.165, 1.54) is 12.1 Å². The first-order valence-electron chi connectivity index (χ1n) is 11.4. The zero-order chi connectivity index (χ0) is 23.2. The highest BCUT2D eigenvalue weighted by atomic mass is 32.2. The fraction of sp³-hybridized carbons (Fsp3) is 0.417. The molecule has 3 atom stereocenters. The average Bonchev–Trinajstić information content (AvgIpc) is 3.31. The molecular weight excluding hydrogens is 459 g/mol. The van der Waals surface area contributed by atoms with E-state index in [2.05, 4.69) is 15.2 Å². The molecule has 0 unspecified atom stereocenters. The molecule has 1 fully saturated rings. The molecule has 34 heavy (non-hydrogen) atoms. The Labute approximate surface area is 199 Å². The number of nitrogens with zero attached hydrogens (tertiary/aromatic N) is 3. The number of nitrogens with one attached hydrogen (secondary N) is 1. The van der Waals surface area contributed by atoms with Gasteiger partial charge in [0.05, 0.1) is 34.4 Å². The Morgan fingerprint density at radius 3 is 3.03 bits per heavy atom. The molecule has 0 bridgehead atoms. The van der Waals surface area contributed by atoms with E-state index < -0.39 is 11.9 Å². The van der Waals surface area contributed by atoms with Crippen molar-refractivity contribution in [2.24, 2.45) is 0 Å². The maximum atomic E-state index is 14.3. The molecule has 10 heteroatoms. The lowest BCUT2D eigenvalue weighted by Crippen LogP contribution is -2.54. The van der Waals surface area contributed by atoms with Crippen molar-refractivity contribution in [1.29, 1.82) is 0 Å². The number of fused-ring (bicyclic) bond motifs is 1. The number of ether oxygens (including phenoxy) is 2. The molecule has 6 rings (SSSR count). The molecule has 0 radical (unpaired) electrons. The number of aliphatic hydroxyl groups is 1. The number of piperidine rings is 1. The summed E-state index contributed by atoms with van der Waals surface area (Å²) in [6, 6.07) is 7.99. The van der Waals surface area contributed by atoms with Crippen LogP contribution in [0.2, 0.25) is 0 Å². The van der Waals surface area contributed by atoms with Crippen LogP contribution in [0, 0.1) is 5.82 Å². The molecule has 3 aromatic rings. The molecular formula is C24H25FN4O4S. The van der Waals surface area contributed by atoms with E-state index in [0.717, 1.165) is 34.7 Å². The smallest absolute Gasteiger partial charge is 0.251 e. The maximum absolute atomic E-state index is 14.3. The quantitative estimate of drug-likeness (QED) is 0.570. The Kier molecular flexibility index (Phi) is 5.68. The van der Waals surface area contributed by atoms with Crippen molar-refractivity contribution in [2.75, 3.05) is 32.2 Å². The molecule has 178 valence electrons. The Bertz CT molecular complexity index is 1300. The Morgan fingerprint density at radius 2 is 2.15 bits per heavy atom. The van der Waals surface area contributed by atoms with Crippen molar-refractivity contribution < 1.29 is 19.0 Å². The minimum Gasteiger partial charge on any atom is -0.486 e. The second kappa shape index (κ2) is 8.84. The van der Waals surface area contributed by atoms with E-state index in [9.17, 15) is 14.3 Å². The largest absolute Gasteiger partial charge is 0.486 e. The first-order valence-corrected chi connectivity index (χ1v) is 12.4. The van der Waals surface area contributed by atoms with Crippen LogP contribution in [0.1, 0.15) is 18.2 Å². The number of hydrogen-bond acceptors (Lipinski definition) is 8. The van der Waals surface area contributed by atoms with Crippen molar-refractivity contribution in [2.45, 2.75) is 36.0 Å². The molecule has 0 aliphatic carbocycles. The summed E-state index contributed by atoms with van der Waals surface area (Å²) < 4.78 is 27.2. The van der Waals surface area contributed by atoms with Crippen molar-refractivity contribution in [3.05, 3.63) is 58.4 Å². The summed E-state index contributed by atoms with van der Waals surface area (Å²) in [5.41, 5.74) is 1.26. The van der Waals surface area contributed by atoms with E-state index in [1.807, 2.05) is 6.07 Å².